The normalized spacial score (nSPS) is 12.2. The van der Waals surface area contributed by atoms with Crippen molar-refractivity contribution in [2.24, 2.45) is 5.10 Å². The molecule has 4 nitrogen and oxygen atoms in total. The fraction of sp³-hybridized carbons (Fsp3) is 0.125. The number of nitrogens with one attached hydrogen (secondary N) is 1. The van der Waals surface area contributed by atoms with Crippen LogP contribution in [0.3, 0.4) is 0 Å². The summed E-state index contributed by atoms with van der Waals surface area (Å²) in [6.45, 7) is 1.55. The van der Waals surface area contributed by atoms with Gasteiger partial charge in [-0.3, -0.25) is 4.79 Å². The van der Waals surface area contributed by atoms with Crippen molar-refractivity contribution in [2.75, 3.05) is 0 Å². The van der Waals surface area contributed by atoms with E-state index in [4.69, 9.17) is 27.9 Å². The van der Waals surface area contributed by atoms with Crippen molar-refractivity contribution in [2.45, 2.75) is 13.0 Å². The van der Waals surface area contributed by atoms with Crippen LogP contribution in [-0.2, 0) is 4.79 Å². The minimum absolute atomic E-state index is 0.306. The molecule has 0 aliphatic rings. The highest BCUT2D eigenvalue weighted by atomic mass is 35.5. The first-order chi connectivity index (χ1) is 11.0. The molecule has 2 aromatic carbocycles. The van der Waals surface area contributed by atoms with Crippen molar-refractivity contribution in [3.05, 3.63) is 63.9 Å². The number of halogens is 3. The number of hydrogen-bond donors (Lipinski definition) is 1. The number of carbonyl (C=O) groups excluding carboxylic acids is 1. The summed E-state index contributed by atoms with van der Waals surface area (Å²) in [5.74, 6) is -0.508. The summed E-state index contributed by atoms with van der Waals surface area (Å²) in [6.07, 6.45) is 0.515. The smallest absolute Gasteiger partial charge is 0.280 e. The number of amides is 1. The second-order valence-corrected chi connectivity index (χ2v) is 5.47. The van der Waals surface area contributed by atoms with Crippen LogP contribution < -0.4 is 10.2 Å². The minimum atomic E-state index is -0.821. The molecule has 120 valence electrons. The highest BCUT2D eigenvalue weighted by molar-refractivity contribution is 6.35. The lowest BCUT2D eigenvalue weighted by molar-refractivity contribution is -0.127. The van der Waals surface area contributed by atoms with Gasteiger partial charge in [-0.15, -0.1) is 0 Å². The lowest BCUT2D eigenvalue weighted by atomic mass is 10.2. The Morgan fingerprint density at radius 2 is 2.09 bits per heavy atom. The van der Waals surface area contributed by atoms with E-state index >= 15 is 0 Å². The van der Waals surface area contributed by atoms with Gasteiger partial charge in [-0.25, -0.2) is 9.82 Å². The lowest BCUT2D eigenvalue weighted by Crippen LogP contribution is -2.33. The SMILES string of the molecule is C[C@@H](Oc1ccc(Cl)cc1Cl)C(=O)N/N=C\c1cccc(F)c1. The number of nitrogens with zero attached hydrogens (tertiary/aromatic N) is 1. The number of benzene rings is 2. The lowest BCUT2D eigenvalue weighted by Gasteiger charge is -2.14. The van der Waals surface area contributed by atoms with Gasteiger partial charge in [-0.05, 0) is 42.8 Å². The van der Waals surface area contributed by atoms with Crippen molar-refractivity contribution in [3.63, 3.8) is 0 Å². The average Bonchev–Trinajstić information content (AvgIpc) is 2.50. The summed E-state index contributed by atoms with van der Waals surface area (Å²) in [5, 5.41) is 4.53. The zero-order valence-electron chi connectivity index (χ0n) is 12.1. The molecule has 0 aliphatic heterocycles. The average molecular weight is 355 g/mol. The standard InChI is InChI=1S/C16H13Cl2FN2O2/c1-10(23-15-6-5-12(17)8-14(15)18)16(22)21-20-9-11-3-2-4-13(19)7-11/h2-10H,1H3,(H,21,22)/b20-9-/t10-/m1/s1. The first-order valence-corrected chi connectivity index (χ1v) is 7.41. The third kappa shape index (κ3) is 5.23. The van der Waals surface area contributed by atoms with Crippen molar-refractivity contribution in [1.82, 2.24) is 5.43 Å². The maximum absolute atomic E-state index is 13.0. The molecule has 0 bridgehead atoms. The number of hydrogen-bond acceptors (Lipinski definition) is 3. The van der Waals surface area contributed by atoms with Crippen LogP contribution in [0.15, 0.2) is 47.6 Å². The van der Waals surface area contributed by atoms with Crippen LogP contribution >= 0.6 is 23.2 Å². The molecule has 0 heterocycles. The molecular weight excluding hydrogens is 342 g/mol. The van der Waals surface area contributed by atoms with E-state index in [1.54, 1.807) is 31.2 Å². The van der Waals surface area contributed by atoms with E-state index in [-0.39, 0.29) is 5.82 Å². The van der Waals surface area contributed by atoms with Crippen LogP contribution in [0.1, 0.15) is 12.5 Å². The van der Waals surface area contributed by atoms with Gasteiger partial charge in [-0.1, -0.05) is 35.3 Å². The van der Waals surface area contributed by atoms with Crippen LogP contribution in [0.4, 0.5) is 4.39 Å². The molecule has 0 unspecified atom stereocenters. The van der Waals surface area contributed by atoms with E-state index in [1.807, 2.05) is 0 Å². The number of hydrazone groups is 1. The van der Waals surface area contributed by atoms with Crippen molar-refractivity contribution < 1.29 is 13.9 Å². The van der Waals surface area contributed by atoms with Gasteiger partial charge in [0, 0.05) is 5.02 Å². The summed E-state index contributed by atoms with van der Waals surface area (Å²) >= 11 is 11.8. The fourth-order valence-corrected chi connectivity index (χ4v) is 2.12. The van der Waals surface area contributed by atoms with Gasteiger partial charge in [0.2, 0.25) is 0 Å². The van der Waals surface area contributed by atoms with E-state index in [0.717, 1.165) is 0 Å². The third-order valence-corrected chi connectivity index (χ3v) is 3.33. The summed E-state index contributed by atoms with van der Waals surface area (Å²) in [4.78, 5) is 11.9. The van der Waals surface area contributed by atoms with Gasteiger partial charge in [0.1, 0.15) is 11.6 Å². The summed E-state index contributed by atoms with van der Waals surface area (Å²) < 4.78 is 18.4. The molecule has 0 aliphatic carbocycles. The van der Waals surface area contributed by atoms with Crippen molar-refractivity contribution in [1.29, 1.82) is 0 Å². The Bertz CT molecular complexity index is 738. The predicted molar refractivity (Wildman–Crippen MR) is 88.7 cm³/mol. The van der Waals surface area contributed by atoms with Crippen molar-refractivity contribution in [3.8, 4) is 5.75 Å². The van der Waals surface area contributed by atoms with Gasteiger partial charge < -0.3 is 4.74 Å². The first kappa shape index (κ1) is 17.2. The van der Waals surface area contributed by atoms with Crippen molar-refractivity contribution >= 4 is 35.3 Å². The highest BCUT2D eigenvalue weighted by Crippen LogP contribution is 2.28. The summed E-state index contributed by atoms with van der Waals surface area (Å²) in [6, 6.07) is 10.5. The molecule has 1 N–H and O–H groups in total. The number of rotatable bonds is 5. The van der Waals surface area contributed by atoms with Crippen LogP contribution in [0, 0.1) is 5.82 Å². The largest absolute Gasteiger partial charge is 0.479 e. The van der Waals surface area contributed by atoms with Gasteiger partial charge in [0.05, 0.1) is 11.2 Å². The van der Waals surface area contributed by atoms with Gasteiger partial charge in [0.15, 0.2) is 6.10 Å². The molecule has 0 saturated heterocycles. The van der Waals surface area contributed by atoms with E-state index < -0.39 is 12.0 Å². The molecule has 2 aromatic rings. The molecule has 0 saturated carbocycles. The zero-order valence-corrected chi connectivity index (χ0v) is 13.6. The molecule has 23 heavy (non-hydrogen) atoms. The van der Waals surface area contributed by atoms with Crippen LogP contribution in [0.5, 0.6) is 5.75 Å². The highest BCUT2D eigenvalue weighted by Gasteiger charge is 2.15. The molecule has 0 radical (unpaired) electrons. The van der Waals surface area contributed by atoms with E-state index in [9.17, 15) is 9.18 Å². The first-order valence-electron chi connectivity index (χ1n) is 6.66. The Hall–Kier alpha value is -2.11. The Morgan fingerprint density at radius 3 is 2.78 bits per heavy atom. The zero-order chi connectivity index (χ0) is 16.8. The number of carbonyl (C=O) groups is 1. The number of ether oxygens (including phenoxy) is 1. The van der Waals surface area contributed by atoms with Gasteiger partial charge >= 0.3 is 0 Å². The van der Waals surface area contributed by atoms with E-state index in [1.165, 1.54) is 24.4 Å². The summed E-state index contributed by atoms with van der Waals surface area (Å²) in [5.41, 5.74) is 2.84. The maximum atomic E-state index is 13.0. The Kier molecular flexibility index (Phi) is 5.96. The Morgan fingerprint density at radius 1 is 1.30 bits per heavy atom. The molecular formula is C16H13Cl2FN2O2. The van der Waals surface area contributed by atoms with Crippen LogP contribution in [-0.4, -0.2) is 18.2 Å². The van der Waals surface area contributed by atoms with E-state index in [0.29, 0.717) is 21.4 Å². The third-order valence-electron chi connectivity index (χ3n) is 2.80. The van der Waals surface area contributed by atoms with Crippen LogP contribution in [0.2, 0.25) is 10.0 Å². The van der Waals surface area contributed by atoms with E-state index in [2.05, 4.69) is 10.5 Å². The molecule has 0 aromatic heterocycles. The maximum Gasteiger partial charge on any atom is 0.280 e. The molecule has 7 heteroatoms. The molecule has 1 atom stereocenters. The fourth-order valence-electron chi connectivity index (χ4n) is 1.66. The summed E-state index contributed by atoms with van der Waals surface area (Å²) in [7, 11) is 0. The monoisotopic (exact) mass is 354 g/mol. The predicted octanol–water partition coefficient (Wildman–Crippen LogP) is 4.05. The topological polar surface area (TPSA) is 50.7 Å². The molecule has 0 fully saturated rings. The van der Waals surface area contributed by atoms with Gasteiger partial charge in [0.25, 0.3) is 5.91 Å². The Labute approximate surface area is 142 Å². The molecule has 2 rings (SSSR count). The molecule has 1 amide bonds. The minimum Gasteiger partial charge on any atom is -0.479 e. The Balaban J connectivity index is 1.92. The van der Waals surface area contributed by atoms with Gasteiger partial charge in [-0.2, -0.15) is 5.10 Å². The molecule has 0 spiro atoms. The quantitative estimate of drug-likeness (QED) is 0.650. The van der Waals surface area contributed by atoms with Crippen LogP contribution in [0.25, 0.3) is 0 Å². The second kappa shape index (κ2) is 7.94. The second-order valence-electron chi connectivity index (χ2n) is 4.62.